The Kier molecular flexibility index (Phi) is 4.34. The number of aryl methyl sites for hydroxylation is 1. The van der Waals surface area contributed by atoms with Crippen LogP contribution in [0.2, 0.25) is 5.02 Å². The number of halogens is 1. The highest BCUT2D eigenvalue weighted by atomic mass is 35.5. The highest BCUT2D eigenvalue weighted by Crippen LogP contribution is 2.39. The minimum absolute atomic E-state index is 0.421. The lowest BCUT2D eigenvalue weighted by molar-refractivity contribution is 0.222. The van der Waals surface area contributed by atoms with Gasteiger partial charge in [-0.15, -0.1) is 11.3 Å². The molecular formula is C14H15ClO3S. The van der Waals surface area contributed by atoms with Gasteiger partial charge in [0.15, 0.2) is 11.5 Å². The van der Waals surface area contributed by atoms with Crippen LogP contribution in [0.1, 0.15) is 22.1 Å². The van der Waals surface area contributed by atoms with Crippen molar-refractivity contribution in [2.45, 2.75) is 13.0 Å². The van der Waals surface area contributed by atoms with E-state index in [1.807, 2.05) is 18.4 Å². The van der Waals surface area contributed by atoms with Gasteiger partial charge in [-0.2, -0.15) is 0 Å². The molecule has 0 bridgehead atoms. The van der Waals surface area contributed by atoms with E-state index >= 15 is 0 Å². The summed E-state index contributed by atoms with van der Waals surface area (Å²) in [6.07, 6.45) is -0.711. The summed E-state index contributed by atoms with van der Waals surface area (Å²) in [5, 5.41) is 12.8. The molecule has 0 spiro atoms. The van der Waals surface area contributed by atoms with E-state index < -0.39 is 6.10 Å². The molecule has 0 fully saturated rings. The molecule has 0 aliphatic carbocycles. The van der Waals surface area contributed by atoms with E-state index in [4.69, 9.17) is 21.1 Å². The van der Waals surface area contributed by atoms with Gasteiger partial charge in [-0.1, -0.05) is 11.6 Å². The number of ether oxygens (including phenoxy) is 2. The van der Waals surface area contributed by atoms with Crippen LogP contribution in [0.25, 0.3) is 0 Å². The largest absolute Gasteiger partial charge is 0.493 e. The van der Waals surface area contributed by atoms with Crippen LogP contribution < -0.4 is 9.47 Å². The molecule has 19 heavy (non-hydrogen) atoms. The zero-order chi connectivity index (χ0) is 14.0. The third-order valence-electron chi connectivity index (χ3n) is 2.92. The molecule has 3 nitrogen and oxygen atoms in total. The maximum atomic E-state index is 10.4. The summed E-state index contributed by atoms with van der Waals surface area (Å²) in [6.45, 7) is 1.97. The fraction of sp³-hybridized carbons (Fsp3) is 0.286. The van der Waals surface area contributed by atoms with Crippen molar-refractivity contribution in [1.29, 1.82) is 0 Å². The Hall–Kier alpha value is -1.23. The van der Waals surface area contributed by atoms with Crippen LogP contribution in [0.3, 0.4) is 0 Å². The second kappa shape index (κ2) is 5.82. The van der Waals surface area contributed by atoms with E-state index in [-0.39, 0.29) is 0 Å². The van der Waals surface area contributed by atoms with Crippen molar-refractivity contribution in [1.82, 2.24) is 0 Å². The van der Waals surface area contributed by atoms with Gasteiger partial charge in [-0.05, 0) is 41.6 Å². The number of methoxy groups -OCH3 is 2. The molecule has 0 radical (unpaired) electrons. The van der Waals surface area contributed by atoms with E-state index in [0.29, 0.717) is 22.1 Å². The zero-order valence-corrected chi connectivity index (χ0v) is 12.5. The highest BCUT2D eigenvalue weighted by Gasteiger charge is 2.19. The molecule has 0 aliphatic heterocycles. The van der Waals surface area contributed by atoms with Crippen molar-refractivity contribution in [3.63, 3.8) is 0 Å². The number of rotatable bonds is 4. The first-order chi connectivity index (χ1) is 9.08. The predicted molar refractivity (Wildman–Crippen MR) is 77.7 cm³/mol. The van der Waals surface area contributed by atoms with Gasteiger partial charge >= 0.3 is 0 Å². The van der Waals surface area contributed by atoms with Crippen molar-refractivity contribution in [3.05, 3.63) is 44.6 Å². The predicted octanol–water partition coefficient (Wildman–Crippen LogP) is 3.81. The van der Waals surface area contributed by atoms with Crippen molar-refractivity contribution in [2.24, 2.45) is 0 Å². The summed E-state index contributed by atoms with van der Waals surface area (Å²) in [6, 6.07) is 5.42. The molecule has 1 heterocycles. The standard InChI is InChI=1S/C14H15ClO3S/c1-8-4-5-19-14(8)12(16)9-6-10(15)13(18-3)11(7-9)17-2/h4-7,12,16H,1-3H3. The third kappa shape index (κ3) is 2.71. The second-order valence-corrected chi connectivity index (χ2v) is 5.46. The Balaban J connectivity index is 2.46. The normalized spacial score (nSPS) is 12.3. The summed E-state index contributed by atoms with van der Waals surface area (Å²) in [5.41, 5.74) is 1.75. The second-order valence-electron chi connectivity index (χ2n) is 4.11. The Morgan fingerprint density at radius 1 is 1.26 bits per heavy atom. The number of hydrogen-bond donors (Lipinski definition) is 1. The first-order valence-corrected chi connectivity index (χ1v) is 6.97. The summed E-state index contributed by atoms with van der Waals surface area (Å²) in [7, 11) is 3.07. The first-order valence-electron chi connectivity index (χ1n) is 5.72. The lowest BCUT2D eigenvalue weighted by Gasteiger charge is -2.15. The van der Waals surface area contributed by atoms with Gasteiger partial charge in [0.25, 0.3) is 0 Å². The molecule has 1 unspecified atom stereocenters. The monoisotopic (exact) mass is 298 g/mol. The fourth-order valence-corrected chi connectivity index (χ4v) is 3.15. The summed E-state index contributed by atoms with van der Waals surface area (Å²) in [5.74, 6) is 0.987. The van der Waals surface area contributed by atoms with Crippen LogP contribution in [0, 0.1) is 6.92 Å². The topological polar surface area (TPSA) is 38.7 Å². The summed E-state index contributed by atoms with van der Waals surface area (Å²) < 4.78 is 10.4. The molecule has 0 saturated carbocycles. The molecular weight excluding hydrogens is 284 g/mol. The van der Waals surface area contributed by atoms with Crippen LogP contribution >= 0.6 is 22.9 Å². The van der Waals surface area contributed by atoms with Crippen LogP contribution in [-0.2, 0) is 0 Å². The Morgan fingerprint density at radius 3 is 2.53 bits per heavy atom. The number of aliphatic hydroxyl groups excluding tert-OH is 1. The Bertz CT molecular complexity index is 580. The molecule has 2 rings (SSSR count). The summed E-state index contributed by atoms with van der Waals surface area (Å²) >= 11 is 7.66. The first kappa shape index (κ1) is 14.2. The van der Waals surface area contributed by atoms with E-state index in [9.17, 15) is 5.11 Å². The zero-order valence-electron chi connectivity index (χ0n) is 10.9. The van der Waals surface area contributed by atoms with E-state index in [0.717, 1.165) is 10.4 Å². The molecule has 0 saturated heterocycles. The molecule has 5 heteroatoms. The maximum Gasteiger partial charge on any atom is 0.179 e. The third-order valence-corrected chi connectivity index (χ3v) is 4.27. The lowest BCUT2D eigenvalue weighted by atomic mass is 10.1. The van der Waals surface area contributed by atoms with Crippen molar-refractivity contribution < 1.29 is 14.6 Å². The number of thiophene rings is 1. The average molecular weight is 299 g/mol. The van der Waals surface area contributed by atoms with Gasteiger partial charge < -0.3 is 14.6 Å². The molecule has 1 aromatic carbocycles. The molecule has 2 aromatic rings. The Labute approximate surface area is 121 Å². The average Bonchev–Trinajstić information content (AvgIpc) is 2.83. The van der Waals surface area contributed by atoms with Crippen LogP contribution in [0.15, 0.2) is 23.6 Å². The van der Waals surface area contributed by atoms with Crippen molar-refractivity contribution in [3.8, 4) is 11.5 Å². The van der Waals surface area contributed by atoms with Crippen molar-refractivity contribution >= 4 is 22.9 Å². The SMILES string of the molecule is COc1cc(C(O)c2sccc2C)cc(Cl)c1OC. The van der Waals surface area contributed by atoms with Gasteiger partial charge in [-0.25, -0.2) is 0 Å². The smallest absolute Gasteiger partial charge is 0.179 e. The van der Waals surface area contributed by atoms with Crippen molar-refractivity contribution in [2.75, 3.05) is 14.2 Å². The van der Waals surface area contributed by atoms with Gasteiger partial charge in [0, 0.05) is 4.88 Å². The number of hydrogen-bond acceptors (Lipinski definition) is 4. The molecule has 1 atom stereocenters. The van der Waals surface area contributed by atoms with Crippen LogP contribution in [-0.4, -0.2) is 19.3 Å². The Morgan fingerprint density at radius 2 is 2.00 bits per heavy atom. The summed E-state index contributed by atoms with van der Waals surface area (Å²) in [4.78, 5) is 0.906. The van der Waals surface area contributed by atoms with E-state index in [1.54, 1.807) is 19.2 Å². The number of benzene rings is 1. The molecule has 1 aromatic heterocycles. The van der Waals surface area contributed by atoms with Crippen LogP contribution in [0.4, 0.5) is 0 Å². The van der Waals surface area contributed by atoms with Gasteiger partial charge in [0.2, 0.25) is 0 Å². The quantitative estimate of drug-likeness (QED) is 0.933. The van der Waals surface area contributed by atoms with Crippen LogP contribution in [0.5, 0.6) is 11.5 Å². The van der Waals surface area contributed by atoms with E-state index in [1.165, 1.54) is 18.4 Å². The molecule has 0 amide bonds. The molecule has 0 aliphatic rings. The van der Waals surface area contributed by atoms with Gasteiger partial charge in [0.1, 0.15) is 6.10 Å². The minimum atomic E-state index is -0.711. The minimum Gasteiger partial charge on any atom is -0.493 e. The van der Waals surface area contributed by atoms with Gasteiger partial charge in [0.05, 0.1) is 19.2 Å². The molecule has 102 valence electrons. The molecule has 1 N–H and O–H groups in total. The fourth-order valence-electron chi connectivity index (χ4n) is 1.91. The van der Waals surface area contributed by atoms with E-state index in [2.05, 4.69) is 0 Å². The highest BCUT2D eigenvalue weighted by molar-refractivity contribution is 7.10. The van der Waals surface area contributed by atoms with Gasteiger partial charge in [-0.3, -0.25) is 0 Å². The maximum absolute atomic E-state index is 10.4. The number of aliphatic hydroxyl groups is 1. The lowest BCUT2D eigenvalue weighted by Crippen LogP contribution is -2.01.